The molecule has 5 heteroatoms. The zero-order chi connectivity index (χ0) is 22.4. The summed E-state index contributed by atoms with van der Waals surface area (Å²) in [6.07, 6.45) is 1.88. The molecule has 168 valence electrons. The van der Waals surface area contributed by atoms with E-state index in [0.717, 1.165) is 24.2 Å². The molecule has 0 saturated carbocycles. The summed E-state index contributed by atoms with van der Waals surface area (Å²) < 4.78 is 19.2. The van der Waals surface area contributed by atoms with Gasteiger partial charge < -0.3 is 13.9 Å². The van der Waals surface area contributed by atoms with E-state index in [-0.39, 0.29) is 16.7 Å². The van der Waals surface area contributed by atoms with E-state index in [9.17, 15) is 0 Å². The zero-order valence-electron chi connectivity index (χ0n) is 20.1. The highest BCUT2D eigenvalue weighted by atomic mass is 32.1. The van der Waals surface area contributed by atoms with Gasteiger partial charge in [-0.1, -0.05) is 46.8 Å². The predicted octanol–water partition coefficient (Wildman–Crippen LogP) is 7.99. The molecule has 1 unspecified atom stereocenters. The van der Waals surface area contributed by atoms with Crippen molar-refractivity contribution in [3.8, 4) is 5.75 Å². The van der Waals surface area contributed by atoms with Gasteiger partial charge in [-0.2, -0.15) is 11.3 Å². The van der Waals surface area contributed by atoms with E-state index in [4.69, 9.17) is 13.9 Å². The van der Waals surface area contributed by atoms with Crippen LogP contribution in [0, 0.1) is 0 Å². The van der Waals surface area contributed by atoms with Crippen LogP contribution in [0.4, 0.5) is 0 Å². The van der Waals surface area contributed by atoms with Gasteiger partial charge in [0.25, 0.3) is 0 Å². The van der Waals surface area contributed by atoms with Crippen LogP contribution in [0.1, 0.15) is 71.6 Å². The molecule has 30 heavy (non-hydrogen) atoms. The summed E-state index contributed by atoms with van der Waals surface area (Å²) in [5.41, 5.74) is 2.11. The third-order valence-corrected chi connectivity index (χ3v) is 11.8. The van der Waals surface area contributed by atoms with Crippen molar-refractivity contribution >= 4 is 19.7 Å². The third kappa shape index (κ3) is 6.68. The molecule has 0 bridgehead atoms. The summed E-state index contributed by atoms with van der Waals surface area (Å²) >= 11 is 1.70. The molecule has 0 saturated heterocycles. The normalized spacial score (nSPS) is 14.0. The van der Waals surface area contributed by atoms with Crippen molar-refractivity contribution < 1.29 is 13.9 Å². The van der Waals surface area contributed by atoms with Gasteiger partial charge in [-0.25, -0.2) is 0 Å². The van der Waals surface area contributed by atoms with E-state index in [0.29, 0.717) is 13.2 Å². The number of hydrogen-bond acceptors (Lipinski definition) is 4. The molecule has 0 spiro atoms. The highest BCUT2D eigenvalue weighted by Gasteiger charge is 2.38. The summed E-state index contributed by atoms with van der Waals surface area (Å²) in [5.74, 6) is 0.878. The van der Waals surface area contributed by atoms with E-state index >= 15 is 0 Å². The lowest BCUT2D eigenvalue weighted by Crippen LogP contribution is -2.41. The van der Waals surface area contributed by atoms with E-state index in [2.05, 4.69) is 89.7 Å². The molecular formula is C25H40O3SSi. The number of benzene rings is 1. The third-order valence-electron chi connectivity index (χ3n) is 6.52. The fourth-order valence-corrected chi connectivity index (χ4v) is 5.10. The fourth-order valence-electron chi connectivity index (χ4n) is 3.07. The second kappa shape index (κ2) is 10.4. The second-order valence-electron chi connectivity index (χ2n) is 9.69. The Labute approximate surface area is 188 Å². The van der Waals surface area contributed by atoms with Crippen molar-refractivity contribution in [1.82, 2.24) is 0 Å². The average Bonchev–Trinajstić information content (AvgIpc) is 3.21. The van der Waals surface area contributed by atoms with Crippen LogP contribution in [-0.4, -0.2) is 20.5 Å². The quantitative estimate of drug-likeness (QED) is 0.326. The Kier molecular flexibility index (Phi) is 8.75. The Morgan fingerprint density at radius 1 is 1.07 bits per heavy atom. The minimum absolute atomic E-state index is 0.0476. The number of hydrogen-bond donors (Lipinski definition) is 0. The van der Waals surface area contributed by atoms with E-state index in [1.165, 1.54) is 5.56 Å². The van der Waals surface area contributed by atoms with Crippen LogP contribution in [0.3, 0.4) is 0 Å². The Bertz CT molecular complexity index is 761. The maximum atomic E-state index is 6.57. The number of thiophene rings is 1. The molecular weight excluding hydrogens is 408 g/mol. The largest absolute Gasteiger partial charge is 0.491 e. The molecule has 1 atom stereocenters. The van der Waals surface area contributed by atoms with Crippen molar-refractivity contribution in [3.05, 3.63) is 52.2 Å². The molecule has 2 aromatic rings. The first-order valence-corrected chi connectivity index (χ1v) is 14.9. The monoisotopic (exact) mass is 448 g/mol. The maximum absolute atomic E-state index is 6.57. The van der Waals surface area contributed by atoms with Crippen molar-refractivity contribution in [2.24, 2.45) is 0 Å². The van der Waals surface area contributed by atoms with Gasteiger partial charge in [0, 0.05) is 0 Å². The van der Waals surface area contributed by atoms with Crippen LogP contribution in [0.2, 0.25) is 18.1 Å². The minimum atomic E-state index is -1.83. The lowest BCUT2D eigenvalue weighted by molar-refractivity contribution is -0.0877. The van der Waals surface area contributed by atoms with Gasteiger partial charge in [0.05, 0.1) is 12.7 Å². The Balaban J connectivity index is 2.04. The topological polar surface area (TPSA) is 27.7 Å². The smallest absolute Gasteiger partial charge is 0.192 e. The van der Waals surface area contributed by atoms with E-state index in [1.54, 1.807) is 11.3 Å². The first kappa shape index (κ1) is 25.1. The standard InChI is InChI=1S/C25H40O3SSi/c1-9-25(10-2,27-17-21-14-15-29-18-21)19-26-23-13-11-12-22(16-23)20(3)28-30(7,8)24(4,5)6/h11-16,18,20H,9-10,17,19H2,1-8H3. The van der Waals surface area contributed by atoms with Gasteiger partial charge in [0.1, 0.15) is 18.0 Å². The van der Waals surface area contributed by atoms with Crippen LogP contribution < -0.4 is 4.74 Å². The van der Waals surface area contributed by atoms with Gasteiger partial charge in [0.2, 0.25) is 0 Å². The summed E-state index contributed by atoms with van der Waals surface area (Å²) in [4.78, 5) is 0. The number of ether oxygens (including phenoxy) is 2. The summed E-state index contributed by atoms with van der Waals surface area (Å²) in [7, 11) is -1.83. The highest BCUT2D eigenvalue weighted by Crippen LogP contribution is 2.40. The molecule has 0 aliphatic carbocycles. The minimum Gasteiger partial charge on any atom is -0.491 e. The van der Waals surface area contributed by atoms with Gasteiger partial charge in [-0.3, -0.25) is 0 Å². The molecule has 1 aromatic heterocycles. The van der Waals surface area contributed by atoms with Crippen molar-refractivity contribution in [2.75, 3.05) is 6.61 Å². The molecule has 3 nitrogen and oxygen atoms in total. The molecule has 0 amide bonds. The summed E-state index contributed by atoms with van der Waals surface area (Å²) in [5, 5.41) is 4.43. The van der Waals surface area contributed by atoms with E-state index in [1.807, 2.05) is 6.07 Å². The predicted molar refractivity (Wildman–Crippen MR) is 131 cm³/mol. The molecule has 1 heterocycles. The van der Waals surface area contributed by atoms with Crippen LogP contribution in [0.5, 0.6) is 5.75 Å². The molecule has 0 aliphatic heterocycles. The second-order valence-corrected chi connectivity index (χ2v) is 15.2. The Morgan fingerprint density at radius 3 is 2.33 bits per heavy atom. The van der Waals surface area contributed by atoms with Crippen molar-refractivity contribution in [1.29, 1.82) is 0 Å². The molecule has 0 radical (unpaired) electrons. The molecule has 1 aromatic carbocycles. The fraction of sp³-hybridized carbons (Fsp3) is 0.600. The lowest BCUT2D eigenvalue weighted by atomic mass is 9.98. The van der Waals surface area contributed by atoms with Gasteiger partial charge >= 0.3 is 0 Å². The van der Waals surface area contributed by atoms with Crippen LogP contribution in [-0.2, 0) is 15.8 Å². The average molecular weight is 449 g/mol. The van der Waals surface area contributed by atoms with Gasteiger partial charge in [-0.05, 0) is 78.0 Å². The SMILES string of the molecule is CCC(CC)(COc1cccc(C(C)O[Si](C)(C)C(C)(C)C)c1)OCc1ccsc1. The molecule has 0 N–H and O–H groups in total. The van der Waals surface area contributed by atoms with Crippen LogP contribution in [0.25, 0.3) is 0 Å². The first-order valence-electron chi connectivity index (χ1n) is 11.1. The van der Waals surface area contributed by atoms with E-state index < -0.39 is 8.32 Å². The number of rotatable bonds is 11. The Hall–Kier alpha value is -1.14. The molecule has 0 aliphatic rings. The first-order chi connectivity index (χ1) is 14.0. The van der Waals surface area contributed by atoms with Crippen molar-refractivity contribution in [2.45, 2.75) is 90.8 Å². The van der Waals surface area contributed by atoms with Crippen molar-refractivity contribution in [3.63, 3.8) is 0 Å². The zero-order valence-corrected chi connectivity index (χ0v) is 21.9. The summed E-state index contributed by atoms with van der Waals surface area (Å²) in [6.45, 7) is 19.1. The van der Waals surface area contributed by atoms with Crippen LogP contribution >= 0.6 is 11.3 Å². The van der Waals surface area contributed by atoms with Crippen LogP contribution in [0.15, 0.2) is 41.1 Å². The molecule has 0 fully saturated rings. The highest BCUT2D eigenvalue weighted by molar-refractivity contribution is 7.07. The Morgan fingerprint density at radius 2 is 1.77 bits per heavy atom. The molecule has 2 rings (SSSR count). The lowest BCUT2D eigenvalue weighted by Gasteiger charge is -2.38. The van der Waals surface area contributed by atoms with Gasteiger partial charge in [-0.15, -0.1) is 0 Å². The maximum Gasteiger partial charge on any atom is 0.192 e. The summed E-state index contributed by atoms with van der Waals surface area (Å²) in [6, 6.07) is 10.5. The van der Waals surface area contributed by atoms with Gasteiger partial charge in [0.15, 0.2) is 8.32 Å².